The quantitative estimate of drug-likeness (QED) is 0.628. The summed E-state index contributed by atoms with van der Waals surface area (Å²) in [4.78, 5) is 16.9. The molecule has 0 bridgehead atoms. The molecule has 9 heteroatoms. The van der Waals surface area contributed by atoms with Crippen molar-refractivity contribution in [3.8, 4) is 5.75 Å². The van der Waals surface area contributed by atoms with Gasteiger partial charge in [0.2, 0.25) is 10.0 Å². The van der Waals surface area contributed by atoms with Gasteiger partial charge in [-0.05, 0) is 42.4 Å². The Morgan fingerprint density at radius 2 is 1.84 bits per heavy atom. The smallest absolute Gasteiger partial charge is 0.255 e. The second-order valence-corrected chi connectivity index (χ2v) is 9.84. The molecule has 31 heavy (non-hydrogen) atoms. The minimum Gasteiger partial charge on any atom is -0.497 e. The van der Waals surface area contributed by atoms with E-state index in [1.54, 1.807) is 14.2 Å². The molecule has 0 N–H and O–H groups in total. The Morgan fingerprint density at radius 3 is 2.48 bits per heavy atom. The van der Waals surface area contributed by atoms with E-state index in [0.29, 0.717) is 38.5 Å². The van der Waals surface area contributed by atoms with Gasteiger partial charge in [0.05, 0.1) is 22.6 Å². The monoisotopic (exact) mass is 465 g/mol. The van der Waals surface area contributed by atoms with Crippen molar-refractivity contribution in [2.24, 2.45) is 0 Å². The van der Waals surface area contributed by atoms with Gasteiger partial charge in [0.1, 0.15) is 5.75 Å². The zero-order valence-electron chi connectivity index (χ0n) is 18.0. The molecule has 1 aliphatic rings. The normalized spacial score (nSPS) is 15.6. The van der Waals surface area contributed by atoms with Crippen LogP contribution < -0.4 is 4.74 Å². The van der Waals surface area contributed by atoms with Gasteiger partial charge in [-0.3, -0.25) is 4.79 Å². The number of rotatable bonds is 7. The van der Waals surface area contributed by atoms with E-state index in [9.17, 15) is 13.2 Å². The first-order chi connectivity index (χ1) is 14.8. The van der Waals surface area contributed by atoms with Crippen LogP contribution in [-0.4, -0.2) is 75.3 Å². The van der Waals surface area contributed by atoms with Gasteiger partial charge >= 0.3 is 0 Å². The number of likely N-dealkylation sites (N-methyl/N-ethyl adjacent to an activating group) is 1. The van der Waals surface area contributed by atoms with Crippen LogP contribution in [0, 0.1) is 0 Å². The van der Waals surface area contributed by atoms with Crippen molar-refractivity contribution in [2.45, 2.75) is 18.4 Å². The van der Waals surface area contributed by atoms with Crippen LogP contribution in [0.3, 0.4) is 0 Å². The lowest BCUT2D eigenvalue weighted by Crippen LogP contribution is -2.48. The van der Waals surface area contributed by atoms with Crippen LogP contribution in [-0.2, 0) is 16.6 Å². The van der Waals surface area contributed by atoms with E-state index >= 15 is 0 Å². The zero-order chi connectivity index (χ0) is 22.6. The summed E-state index contributed by atoms with van der Waals surface area (Å²) in [5.41, 5.74) is 1.06. The largest absolute Gasteiger partial charge is 0.497 e. The highest BCUT2D eigenvalue weighted by Crippen LogP contribution is 2.25. The number of amides is 1. The average molecular weight is 466 g/mol. The van der Waals surface area contributed by atoms with E-state index < -0.39 is 10.0 Å². The molecular formula is C22H28ClN3O4S. The van der Waals surface area contributed by atoms with E-state index in [1.807, 2.05) is 24.3 Å². The number of hydrogen-bond donors (Lipinski definition) is 0. The molecule has 1 aliphatic heterocycles. The standard InChI is InChI=1S/C22H28ClN3O4S/c1-4-25-10-12-26(13-11-25)31(28,29)19-8-9-21(23)20(15-19)22(27)24(2)16-17-6-5-7-18(14-17)30-3/h5-9,14-15H,4,10-13,16H2,1-3H3. The van der Waals surface area contributed by atoms with Crippen molar-refractivity contribution in [1.29, 1.82) is 0 Å². The fourth-order valence-corrected chi connectivity index (χ4v) is 5.23. The number of benzene rings is 2. The van der Waals surface area contributed by atoms with Crippen molar-refractivity contribution in [2.75, 3.05) is 46.9 Å². The molecule has 0 radical (unpaired) electrons. The number of piperazine rings is 1. The van der Waals surface area contributed by atoms with Crippen LogP contribution in [0.1, 0.15) is 22.8 Å². The van der Waals surface area contributed by atoms with Gasteiger partial charge in [-0.2, -0.15) is 4.31 Å². The summed E-state index contributed by atoms with van der Waals surface area (Å²) < 4.78 is 32.9. The lowest BCUT2D eigenvalue weighted by molar-refractivity contribution is 0.0785. The van der Waals surface area contributed by atoms with Gasteiger partial charge in [-0.25, -0.2) is 8.42 Å². The maximum Gasteiger partial charge on any atom is 0.255 e. The van der Waals surface area contributed by atoms with E-state index in [2.05, 4.69) is 11.8 Å². The Hall–Kier alpha value is -2.13. The number of halogens is 1. The van der Waals surface area contributed by atoms with Crippen molar-refractivity contribution in [1.82, 2.24) is 14.1 Å². The van der Waals surface area contributed by atoms with Crippen LogP contribution >= 0.6 is 11.6 Å². The summed E-state index contributed by atoms with van der Waals surface area (Å²) in [7, 11) is -0.458. The average Bonchev–Trinajstić information content (AvgIpc) is 2.78. The molecule has 1 amide bonds. The summed E-state index contributed by atoms with van der Waals surface area (Å²) in [6, 6.07) is 11.7. The molecular weight excluding hydrogens is 438 g/mol. The predicted octanol–water partition coefficient (Wildman–Crippen LogP) is 2.95. The molecule has 3 rings (SSSR count). The van der Waals surface area contributed by atoms with Crippen LogP contribution in [0.25, 0.3) is 0 Å². The number of carbonyl (C=O) groups excluding carboxylic acids is 1. The van der Waals surface area contributed by atoms with E-state index in [1.165, 1.54) is 27.4 Å². The van der Waals surface area contributed by atoms with E-state index in [0.717, 1.165) is 12.1 Å². The number of ether oxygens (including phenoxy) is 1. The molecule has 0 aliphatic carbocycles. The third kappa shape index (κ3) is 5.38. The van der Waals surface area contributed by atoms with Crippen LogP contribution in [0.15, 0.2) is 47.4 Å². The number of nitrogens with zero attached hydrogens (tertiary/aromatic N) is 3. The molecule has 2 aromatic carbocycles. The number of carbonyl (C=O) groups is 1. The molecule has 1 saturated heterocycles. The van der Waals surface area contributed by atoms with Crippen molar-refractivity contribution in [3.63, 3.8) is 0 Å². The Kier molecular flexibility index (Phi) is 7.59. The zero-order valence-corrected chi connectivity index (χ0v) is 19.6. The SMILES string of the molecule is CCN1CCN(S(=O)(=O)c2ccc(Cl)c(C(=O)N(C)Cc3cccc(OC)c3)c2)CC1. The molecule has 1 fully saturated rings. The third-order valence-corrected chi connectivity index (χ3v) is 7.71. The first-order valence-corrected chi connectivity index (χ1v) is 12.0. The van der Waals surface area contributed by atoms with Gasteiger partial charge in [0.15, 0.2) is 0 Å². The summed E-state index contributed by atoms with van der Waals surface area (Å²) in [5, 5.41) is 0.220. The third-order valence-electron chi connectivity index (χ3n) is 5.49. The lowest BCUT2D eigenvalue weighted by atomic mass is 10.1. The Bertz CT molecular complexity index is 1040. The maximum atomic E-state index is 13.1. The molecule has 7 nitrogen and oxygen atoms in total. The Morgan fingerprint density at radius 1 is 1.13 bits per heavy atom. The molecule has 0 aromatic heterocycles. The highest BCUT2D eigenvalue weighted by Gasteiger charge is 2.29. The predicted molar refractivity (Wildman–Crippen MR) is 121 cm³/mol. The molecule has 2 aromatic rings. The van der Waals surface area contributed by atoms with Crippen LogP contribution in [0.4, 0.5) is 0 Å². The Balaban J connectivity index is 1.80. The molecule has 168 valence electrons. The second-order valence-electron chi connectivity index (χ2n) is 7.49. The van der Waals surface area contributed by atoms with Crippen molar-refractivity contribution >= 4 is 27.5 Å². The van der Waals surface area contributed by atoms with Crippen molar-refractivity contribution in [3.05, 3.63) is 58.6 Å². The topological polar surface area (TPSA) is 70.2 Å². The highest BCUT2D eigenvalue weighted by atomic mass is 35.5. The first kappa shape index (κ1) is 23.5. The molecule has 0 saturated carbocycles. The van der Waals surface area contributed by atoms with Gasteiger partial charge in [0, 0.05) is 39.8 Å². The summed E-state index contributed by atoms with van der Waals surface area (Å²) in [6.45, 7) is 5.53. The van der Waals surface area contributed by atoms with Crippen LogP contribution in [0.5, 0.6) is 5.75 Å². The van der Waals surface area contributed by atoms with Gasteiger partial charge in [0.25, 0.3) is 5.91 Å². The fraction of sp³-hybridized carbons (Fsp3) is 0.409. The maximum absolute atomic E-state index is 13.1. The lowest BCUT2D eigenvalue weighted by Gasteiger charge is -2.33. The van der Waals surface area contributed by atoms with Crippen LogP contribution in [0.2, 0.25) is 5.02 Å². The number of sulfonamides is 1. The highest BCUT2D eigenvalue weighted by molar-refractivity contribution is 7.89. The summed E-state index contributed by atoms with van der Waals surface area (Å²) >= 11 is 6.28. The summed E-state index contributed by atoms with van der Waals surface area (Å²) in [5.74, 6) is 0.355. The Labute approximate surface area is 189 Å². The minimum absolute atomic E-state index is 0.0833. The minimum atomic E-state index is -3.70. The van der Waals surface area contributed by atoms with Gasteiger partial charge < -0.3 is 14.5 Å². The second kappa shape index (κ2) is 9.99. The van der Waals surface area contributed by atoms with Crippen molar-refractivity contribution < 1.29 is 17.9 Å². The summed E-state index contributed by atoms with van der Waals surface area (Å²) in [6.07, 6.45) is 0. The van der Waals surface area contributed by atoms with Gasteiger partial charge in [-0.15, -0.1) is 0 Å². The number of methoxy groups -OCH3 is 1. The number of hydrogen-bond acceptors (Lipinski definition) is 5. The molecule has 0 unspecified atom stereocenters. The molecule has 0 spiro atoms. The molecule has 1 heterocycles. The van der Waals surface area contributed by atoms with E-state index in [-0.39, 0.29) is 21.4 Å². The van der Waals surface area contributed by atoms with E-state index in [4.69, 9.17) is 16.3 Å². The van der Waals surface area contributed by atoms with Gasteiger partial charge in [-0.1, -0.05) is 30.7 Å². The first-order valence-electron chi connectivity index (χ1n) is 10.2. The fourth-order valence-electron chi connectivity index (χ4n) is 3.59. The molecule has 0 atom stereocenters.